The van der Waals surface area contributed by atoms with Gasteiger partial charge < -0.3 is 5.11 Å². The highest BCUT2D eigenvalue weighted by molar-refractivity contribution is 7.89. The molecule has 8 nitrogen and oxygen atoms in total. The predicted octanol–water partition coefficient (Wildman–Crippen LogP) is 1.29. The summed E-state index contributed by atoms with van der Waals surface area (Å²) in [6, 6.07) is 2.09. The molecule has 1 aromatic rings. The van der Waals surface area contributed by atoms with Crippen LogP contribution in [0.3, 0.4) is 0 Å². The van der Waals surface area contributed by atoms with Crippen LogP contribution in [-0.4, -0.2) is 30.5 Å². The summed E-state index contributed by atoms with van der Waals surface area (Å²) in [5.74, 6) is -1.78. The molecule has 0 aliphatic rings. The Morgan fingerprint density at radius 1 is 1.38 bits per heavy atom. The van der Waals surface area contributed by atoms with Crippen molar-refractivity contribution in [2.75, 3.05) is 0 Å². The van der Waals surface area contributed by atoms with Crippen LogP contribution in [0.2, 0.25) is 0 Å². The van der Waals surface area contributed by atoms with Crippen molar-refractivity contribution in [2.45, 2.75) is 31.7 Å². The fraction of sp³-hybridized carbons (Fsp3) is 0.417. The zero-order valence-electron chi connectivity index (χ0n) is 11.7. The summed E-state index contributed by atoms with van der Waals surface area (Å²) < 4.78 is 26.6. The Hall–Kier alpha value is -2.00. The molecule has 0 saturated carbocycles. The Balaban J connectivity index is 3.27. The molecule has 1 rings (SSSR count). The average molecular weight is 316 g/mol. The van der Waals surface area contributed by atoms with Gasteiger partial charge in [0.1, 0.15) is 6.04 Å². The predicted molar refractivity (Wildman–Crippen MR) is 74.4 cm³/mol. The first-order valence-corrected chi connectivity index (χ1v) is 7.54. The van der Waals surface area contributed by atoms with E-state index in [2.05, 4.69) is 4.72 Å². The molecule has 0 aliphatic heterocycles. The maximum absolute atomic E-state index is 12.3. The molecule has 1 unspecified atom stereocenters. The maximum Gasteiger partial charge on any atom is 0.322 e. The number of hydrogen-bond acceptors (Lipinski definition) is 5. The van der Waals surface area contributed by atoms with E-state index in [4.69, 9.17) is 5.11 Å². The summed E-state index contributed by atoms with van der Waals surface area (Å²) >= 11 is 0. The highest BCUT2D eigenvalue weighted by Gasteiger charge is 2.29. The van der Waals surface area contributed by atoms with Crippen molar-refractivity contribution in [1.29, 1.82) is 0 Å². The molecular formula is C12H16N2O6S. The monoisotopic (exact) mass is 316 g/mol. The number of sulfonamides is 1. The number of nitro groups is 1. The number of hydrogen-bond donors (Lipinski definition) is 2. The highest BCUT2D eigenvalue weighted by atomic mass is 32.2. The Labute approximate surface area is 122 Å². The lowest BCUT2D eigenvalue weighted by Crippen LogP contribution is -2.44. The zero-order chi connectivity index (χ0) is 16.4. The van der Waals surface area contributed by atoms with Gasteiger partial charge in [0.25, 0.3) is 5.69 Å². The van der Waals surface area contributed by atoms with E-state index in [1.165, 1.54) is 19.1 Å². The van der Waals surface area contributed by atoms with Gasteiger partial charge in [-0.05, 0) is 18.4 Å². The number of carboxylic acids is 1. The van der Waals surface area contributed by atoms with Gasteiger partial charge in [0.05, 0.1) is 9.82 Å². The molecule has 0 amide bonds. The fourth-order valence-electron chi connectivity index (χ4n) is 1.69. The third-order valence-electron chi connectivity index (χ3n) is 2.89. The second-order valence-corrected chi connectivity index (χ2v) is 6.57. The van der Waals surface area contributed by atoms with E-state index in [0.717, 1.165) is 6.07 Å². The number of non-ortho nitro benzene ring substituents is 1. The minimum Gasteiger partial charge on any atom is -0.480 e. The molecule has 2 N–H and O–H groups in total. The molecule has 1 atom stereocenters. The van der Waals surface area contributed by atoms with Crippen molar-refractivity contribution in [1.82, 2.24) is 4.72 Å². The van der Waals surface area contributed by atoms with Crippen LogP contribution in [-0.2, 0) is 14.8 Å². The molecule has 21 heavy (non-hydrogen) atoms. The number of carboxylic acid groups (broad SMARTS) is 1. The van der Waals surface area contributed by atoms with Crippen molar-refractivity contribution in [3.63, 3.8) is 0 Å². The number of carbonyl (C=O) groups is 1. The number of nitrogens with zero attached hydrogens (tertiary/aromatic N) is 1. The largest absolute Gasteiger partial charge is 0.480 e. The first-order chi connectivity index (χ1) is 9.56. The zero-order valence-corrected chi connectivity index (χ0v) is 12.5. The van der Waals surface area contributed by atoms with Crippen LogP contribution < -0.4 is 4.72 Å². The quantitative estimate of drug-likeness (QED) is 0.601. The maximum atomic E-state index is 12.3. The topological polar surface area (TPSA) is 127 Å². The lowest BCUT2D eigenvalue weighted by atomic mass is 10.1. The van der Waals surface area contributed by atoms with E-state index < -0.39 is 32.9 Å². The number of aryl methyl sites for hydroxylation is 1. The summed E-state index contributed by atoms with van der Waals surface area (Å²) in [5, 5.41) is 19.8. The van der Waals surface area contributed by atoms with Gasteiger partial charge in [0.2, 0.25) is 10.0 Å². The van der Waals surface area contributed by atoms with Crippen LogP contribution >= 0.6 is 0 Å². The number of rotatable bonds is 6. The van der Waals surface area contributed by atoms with Crippen LogP contribution in [0, 0.1) is 23.0 Å². The number of nitro benzene ring substituents is 1. The van der Waals surface area contributed by atoms with E-state index in [1.807, 2.05) is 0 Å². The third-order valence-corrected chi connectivity index (χ3v) is 4.47. The second kappa shape index (κ2) is 6.19. The first-order valence-electron chi connectivity index (χ1n) is 6.06. The molecule has 0 saturated heterocycles. The molecule has 0 radical (unpaired) electrons. The highest BCUT2D eigenvalue weighted by Crippen LogP contribution is 2.22. The van der Waals surface area contributed by atoms with Gasteiger partial charge in [-0.3, -0.25) is 14.9 Å². The van der Waals surface area contributed by atoms with Crippen LogP contribution in [0.5, 0.6) is 0 Å². The Morgan fingerprint density at radius 3 is 2.38 bits per heavy atom. The van der Waals surface area contributed by atoms with E-state index in [9.17, 15) is 23.3 Å². The van der Waals surface area contributed by atoms with Crippen LogP contribution in [0.15, 0.2) is 23.1 Å². The smallest absolute Gasteiger partial charge is 0.322 e. The van der Waals surface area contributed by atoms with Crippen LogP contribution in [0.1, 0.15) is 19.4 Å². The fourth-order valence-corrected chi connectivity index (χ4v) is 3.30. The molecule has 0 aliphatic carbocycles. The van der Waals surface area contributed by atoms with Gasteiger partial charge in [-0.1, -0.05) is 19.9 Å². The van der Waals surface area contributed by atoms with Crippen molar-refractivity contribution >= 4 is 21.7 Å². The molecule has 0 fully saturated rings. The standard InChI is InChI=1S/C12H16N2O6S/c1-7(2)11(12(15)16)13-21(19,20)10-6-9(14(17)18)5-4-8(10)3/h4-7,11,13H,1-3H3,(H,15,16). The van der Waals surface area contributed by atoms with Gasteiger partial charge in [0, 0.05) is 12.1 Å². The van der Waals surface area contributed by atoms with Crippen molar-refractivity contribution < 1.29 is 23.2 Å². The molecule has 0 spiro atoms. The molecule has 0 heterocycles. The van der Waals surface area contributed by atoms with E-state index in [0.29, 0.717) is 5.56 Å². The molecule has 0 aromatic heterocycles. The van der Waals surface area contributed by atoms with Crippen molar-refractivity contribution in [3.8, 4) is 0 Å². The Bertz CT molecular complexity index is 668. The van der Waals surface area contributed by atoms with Crippen molar-refractivity contribution in [2.24, 2.45) is 5.92 Å². The summed E-state index contributed by atoms with van der Waals surface area (Å²) in [6.45, 7) is 4.59. The molecule has 116 valence electrons. The number of benzene rings is 1. The molecule has 9 heteroatoms. The van der Waals surface area contributed by atoms with Gasteiger partial charge >= 0.3 is 5.97 Å². The van der Waals surface area contributed by atoms with E-state index in [1.54, 1.807) is 13.8 Å². The summed E-state index contributed by atoms with van der Waals surface area (Å²) in [5.41, 5.74) is -0.0848. The van der Waals surface area contributed by atoms with Gasteiger partial charge in [-0.2, -0.15) is 4.72 Å². The third kappa shape index (κ3) is 3.99. The molecule has 0 bridgehead atoms. The normalized spacial score (nSPS) is 13.1. The average Bonchev–Trinajstić information content (AvgIpc) is 2.35. The number of aliphatic carboxylic acids is 1. The molecular weight excluding hydrogens is 300 g/mol. The van der Waals surface area contributed by atoms with Crippen LogP contribution in [0.25, 0.3) is 0 Å². The first kappa shape index (κ1) is 17.1. The van der Waals surface area contributed by atoms with Gasteiger partial charge in [-0.25, -0.2) is 8.42 Å². The van der Waals surface area contributed by atoms with Gasteiger partial charge in [0.15, 0.2) is 0 Å². The SMILES string of the molecule is Cc1ccc([N+](=O)[O-])cc1S(=O)(=O)NC(C(=O)O)C(C)C. The lowest BCUT2D eigenvalue weighted by Gasteiger charge is -2.18. The van der Waals surface area contributed by atoms with E-state index in [-0.39, 0.29) is 10.6 Å². The molecule has 1 aromatic carbocycles. The minimum atomic E-state index is -4.17. The Kier molecular flexibility index (Phi) is 5.02. The number of nitrogens with one attached hydrogen (secondary N) is 1. The Morgan fingerprint density at radius 2 is 1.95 bits per heavy atom. The van der Waals surface area contributed by atoms with Gasteiger partial charge in [-0.15, -0.1) is 0 Å². The van der Waals surface area contributed by atoms with Crippen LogP contribution in [0.4, 0.5) is 5.69 Å². The lowest BCUT2D eigenvalue weighted by molar-refractivity contribution is -0.385. The van der Waals surface area contributed by atoms with E-state index >= 15 is 0 Å². The second-order valence-electron chi connectivity index (χ2n) is 4.89. The summed E-state index contributed by atoms with van der Waals surface area (Å²) in [6.07, 6.45) is 0. The van der Waals surface area contributed by atoms with Crippen molar-refractivity contribution in [3.05, 3.63) is 33.9 Å². The minimum absolute atomic E-state index is 0.293. The summed E-state index contributed by atoms with van der Waals surface area (Å²) in [4.78, 5) is 20.8. The summed E-state index contributed by atoms with van der Waals surface area (Å²) in [7, 11) is -4.17.